The average Bonchev–Trinajstić information content (AvgIpc) is 3.28. The molecule has 30 heavy (non-hydrogen) atoms. The Labute approximate surface area is 178 Å². The molecule has 0 radical (unpaired) electrons. The Morgan fingerprint density at radius 3 is 2.70 bits per heavy atom. The molecular weight excluding hydrogens is 372 g/mol. The van der Waals surface area contributed by atoms with E-state index in [4.69, 9.17) is 4.74 Å². The van der Waals surface area contributed by atoms with E-state index in [-0.39, 0.29) is 5.78 Å². The molecule has 0 amide bonds. The fraction of sp³-hybridized carbons (Fsp3) is 0.308. The van der Waals surface area contributed by atoms with Crippen molar-refractivity contribution in [3.63, 3.8) is 0 Å². The molecule has 1 aliphatic carbocycles. The second kappa shape index (κ2) is 9.57. The van der Waals surface area contributed by atoms with Crippen molar-refractivity contribution < 1.29 is 9.53 Å². The lowest BCUT2D eigenvalue weighted by Gasteiger charge is -2.13. The van der Waals surface area contributed by atoms with Gasteiger partial charge in [-0.2, -0.15) is 0 Å². The first-order valence-corrected chi connectivity index (χ1v) is 10.7. The number of ether oxygens (including phenoxy) is 1. The van der Waals surface area contributed by atoms with Crippen molar-refractivity contribution in [2.75, 3.05) is 5.32 Å². The van der Waals surface area contributed by atoms with Gasteiger partial charge < -0.3 is 10.1 Å². The molecule has 4 nitrogen and oxygen atoms in total. The molecule has 4 rings (SSSR count). The molecule has 0 atom stereocenters. The van der Waals surface area contributed by atoms with E-state index < -0.39 is 0 Å². The normalized spacial score (nSPS) is 13.9. The molecule has 154 valence electrons. The smallest absolute Gasteiger partial charge is 0.163 e. The van der Waals surface area contributed by atoms with Crippen LogP contribution in [0, 0.1) is 12.8 Å². The third-order valence-electron chi connectivity index (χ3n) is 5.72. The summed E-state index contributed by atoms with van der Waals surface area (Å²) in [5.74, 6) is 1.62. The summed E-state index contributed by atoms with van der Waals surface area (Å²) in [6.45, 7) is 2.49. The van der Waals surface area contributed by atoms with Crippen molar-refractivity contribution in [2.24, 2.45) is 5.92 Å². The van der Waals surface area contributed by atoms with Crippen LogP contribution >= 0.6 is 0 Å². The van der Waals surface area contributed by atoms with E-state index in [1.807, 2.05) is 67.6 Å². The lowest BCUT2D eigenvalue weighted by Crippen LogP contribution is -2.06. The molecule has 4 heteroatoms. The Morgan fingerprint density at radius 1 is 1.07 bits per heavy atom. The number of aryl methyl sites for hydroxylation is 1. The number of Topliss-reactive ketones (excluding diaryl/α,β-unsaturated/α-hetero) is 1. The van der Waals surface area contributed by atoms with Gasteiger partial charge in [-0.3, -0.25) is 9.78 Å². The second-order valence-electron chi connectivity index (χ2n) is 8.07. The largest absolute Gasteiger partial charge is 0.487 e. The van der Waals surface area contributed by atoms with Crippen LogP contribution in [0.5, 0.6) is 5.75 Å². The summed E-state index contributed by atoms with van der Waals surface area (Å²) in [5, 5.41) is 3.44. The van der Waals surface area contributed by atoms with E-state index in [2.05, 4.69) is 10.3 Å². The van der Waals surface area contributed by atoms with E-state index in [1.165, 1.54) is 25.7 Å². The Kier molecular flexibility index (Phi) is 6.43. The predicted octanol–water partition coefficient (Wildman–Crippen LogP) is 6.48. The summed E-state index contributed by atoms with van der Waals surface area (Å²) in [7, 11) is 0. The van der Waals surface area contributed by atoms with Crippen molar-refractivity contribution >= 4 is 17.2 Å². The van der Waals surface area contributed by atoms with E-state index in [0.717, 1.165) is 33.9 Å². The molecule has 0 saturated heterocycles. The van der Waals surface area contributed by atoms with E-state index >= 15 is 0 Å². The first kappa shape index (κ1) is 20.1. The standard InChI is InChI=1S/C26H28N2O2/c1-19-15-24(30-18-23-10-4-5-14-27-23)12-13-25(19)28-22-11-6-9-21(17-22)26(29)16-20-7-2-3-8-20/h4-6,9-15,17,20,28H,2-3,7-8,16,18H2,1H3. The van der Waals surface area contributed by atoms with Gasteiger partial charge in [0.25, 0.3) is 0 Å². The van der Waals surface area contributed by atoms with E-state index in [9.17, 15) is 4.79 Å². The van der Waals surface area contributed by atoms with Gasteiger partial charge in [-0.25, -0.2) is 0 Å². The van der Waals surface area contributed by atoms with Gasteiger partial charge in [0.1, 0.15) is 12.4 Å². The maximum Gasteiger partial charge on any atom is 0.163 e. The van der Waals surface area contributed by atoms with Crippen molar-refractivity contribution in [3.05, 3.63) is 83.7 Å². The van der Waals surface area contributed by atoms with Gasteiger partial charge in [0.05, 0.1) is 5.69 Å². The number of benzene rings is 2. The molecule has 0 unspecified atom stereocenters. The van der Waals surface area contributed by atoms with E-state index in [1.54, 1.807) is 6.20 Å². The Morgan fingerprint density at radius 2 is 1.93 bits per heavy atom. The third kappa shape index (κ3) is 5.26. The molecule has 1 heterocycles. The lowest BCUT2D eigenvalue weighted by atomic mass is 9.97. The minimum atomic E-state index is 0.251. The molecular formula is C26H28N2O2. The highest BCUT2D eigenvalue weighted by molar-refractivity contribution is 5.97. The maximum atomic E-state index is 12.7. The summed E-state index contributed by atoms with van der Waals surface area (Å²) in [6.07, 6.45) is 7.35. The number of hydrogen-bond acceptors (Lipinski definition) is 4. The van der Waals surface area contributed by atoms with Crippen LogP contribution < -0.4 is 10.1 Å². The van der Waals surface area contributed by atoms with Gasteiger partial charge in [-0.1, -0.05) is 43.9 Å². The number of rotatable bonds is 8. The zero-order valence-electron chi connectivity index (χ0n) is 17.4. The SMILES string of the molecule is Cc1cc(OCc2ccccn2)ccc1Nc1cccc(C(=O)CC2CCCC2)c1. The molecule has 0 bridgehead atoms. The average molecular weight is 401 g/mol. The summed E-state index contributed by atoms with van der Waals surface area (Å²) < 4.78 is 5.86. The van der Waals surface area contributed by atoms with Gasteiger partial charge in [-0.15, -0.1) is 0 Å². The number of nitrogens with one attached hydrogen (secondary N) is 1. The molecule has 0 aliphatic heterocycles. The zero-order chi connectivity index (χ0) is 20.8. The summed E-state index contributed by atoms with van der Waals surface area (Å²) in [4.78, 5) is 16.9. The zero-order valence-corrected chi connectivity index (χ0v) is 17.4. The lowest BCUT2D eigenvalue weighted by molar-refractivity contribution is 0.0962. The highest BCUT2D eigenvalue weighted by Crippen LogP contribution is 2.30. The molecule has 1 aliphatic rings. The summed E-state index contributed by atoms with van der Waals surface area (Å²) in [5.41, 5.74) is 4.70. The molecule has 1 N–H and O–H groups in total. The summed E-state index contributed by atoms with van der Waals surface area (Å²) in [6, 6.07) is 19.6. The first-order valence-electron chi connectivity index (χ1n) is 10.7. The van der Waals surface area contributed by atoms with Gasteiger partial charge in [-0.05, 0) is 60.9 Å². The van der Waals surface area contributed by atoms with Crippen LogP contribution in [0.25, 0.3) is 0 Å². The molecule has 1 aromatic heterocycles. The van der Waals surface area contributed by atoms with Crippen LogP contribution in [-0.2, 0) is 6.61 Å². The van der Waals surface area contributed by atoms with E-state index in [0.29, 0.717) is 18.9 Å². The van der Waals surface area contributed by atoms with Crippen molar-refractivity contribution in [1.29, 1.82) is 0 Å². The second-order valence-corrected chi connectivity index (χ2v) is 8.07. The molecule has 3 aromatic rings. The van der Waals surface area contributed by atoms with Gasteiger partial charge >= 0.3 is 0 Å². The Hall–Kier alpha value is -3.14. The highest BCUT2D eigenvalue weighted by Gasteiger charge is 2.19. The molecule has 1 fully saturated rings. The van der Waals surface area contributed by atoms with Gasteiger partial charge in [0.15, 0.2) is 5.78 Å². The first-order chi connectivity index (χ1) is 14.7. The maximum absolute atomic E-state index is 12.7. The van der Waals surface area contributed by atoms with Gasteiger partial charge in [0.2, 0.25) is 0 Å². The minimum absolute atomic E-state index is 0.251. The number of aromatic nitrogens is 1. The summed E-state index contributed by atoms with van der Waals surface area (Å²) >= 11 is 0. The van der Waals surface area contributed by atoms with Crippen LogP contribution in [0.1, 0.15) is 53.7 Å². The number of ketones is 1. The number of anilines is 2. The van der Waals surface area contributed by atoms with Crippen LogP contribution in [0.3, 0.4) is 0 Å². The third-order valence-corrected chi connectivity index (χ3v) is 5.72. The minimum Gasteiger partial charge on any atom is -0.487 e. The molecule has 0 spiro atoms. The predicted molar refractivity (Wildman–Crippen MR) is 120 cm³/mol. The van der Waals surface area contributed by atoms with Crippen molar-refractivity contribution in [2.45, 2.75) is 45.6 Å². The fourth-order valence-electron chi connectivity index (χ4n) is 4.03. The number of carbonyl (C=O) groups is 1. The van der Waals surface area contributed by atoms with Crippen molar-refractivity contribution in [3.8, 4) is 5.75 Å². The Balaban J connectivity index is 1.39. The van der Waals surface area contributed by atoms with Gasteiger partial charge in [0, 0.05) is 29.6 Å². The van der Waals surface area contributed by atoms with Crippen LogP contribution in [0.4, 0.5) is 11.4 Å². The number of hydrogen-bond donors (Lipinski definition) is 1. The molecule has 1 saturated carbocycles. The fourth-order valence-corrected chi connectivity index (χ4v) is 4.03. The topological polar surface area (TPSA) is 51.2 Å². The highest BCUT2D eigenvalue weighted by atomic mass is 16.5. The monoisotopic (exact) mass is 400 g/mol. The van der Waals surface area contributed by atoms with Crippen LogP contribution in [0.15, 0.2) is 66.9 Å². The number of carbonyl (C=O) groups excluding carboxylic acids is 1. The van der Waals surface area contributed by atoms with Crippen molar-refractivity contribution in [1.82, 2.24) is 4.98 Å². The van der Waals surface area contributed by atoms with Crippen LogP contribution in [0.2, 0.25) is 0 Å². The quantitative estimate of drug-likeness (QED) is 0.440. The molecule has 2 aromatic carbocycles. The Bertz CT molecular complexity index is 995. The number of pyridine rings is 1. The number of nitrogens with zero attached hydrogens (tertiary/aromatic N) is 1. The van der Waals surface area contributed by atoms with Crippen LogP contribution in [-0.4, -0.2) is 10.8 Å².